The summed E-state index contributed by atoms with van der Waals surface area (Å²) >= 11 is 3.41. The van der Waals surface area contributed by atoms with Crippen LogP contribution in [-0.4, -0.2) is 40.8 Å². The molecule has 104 valence electrons. The van der Waals surface area contributed by atoms with Gasteiger partial charge in [0.15, 0.2) is 0 Å². The normalized spacial score (nSPS) is 13.9. The van der Waals surface area contributed by atoms with E-state index in [0.717, 1.165) is 4.47 Å². The predicted octanol–water partition coefficient (Wildman–Crippen LogP) is 2.14. The summed E-state index contributed by atoms with van der Waals surface area (Å²) < 4.78 is 13.1. The zero-order valence-electron chi connectivity index (χ0n) is 11.3. The van der Waals surface area contributed by atoms with Gasteiger partial charge >= 0.3 is 0 Å². The fourth-order valence-corrected chi connectivity index (χ4v) is 2.29. The minimum atomic E-state index is -0.758. The van der Waals surface area contributed by atoms with E-state index in [-0.39, 0.29) is 0 Å². The summed E-state index contributed by atoms with van der Waals surface area (Å²) in [6.45, 7) is 7.32. The van der Waals surface area contributed by atoms with Gasteiger partial charge in [-0.3, -0.25) is 4.68 Å². The molecule has 0 aromatic carbocycles. The fourth-order valence-electron chi connectivity index (χ4n) is 1.78. The highest BCUT2D eigenvalue weighted by Crippen LogP contribution is 2.33. The number of aliphatic hydroxyl groups is 1. The van der Waals surface area contributed by atoms with Gasteiger partial charge in [-0.15, -0.1) is 0 Å². The molecule has 1 aromatic heterocycles. The van der Waals surface area contributed by atoms with Gasteiger partial charge in [-0.1, -0.05) is 0 Å². The first-order valence-electron chi connectivity index (χ1n) is 5.96. The van der Waals surface area contributed by atoms with Crippen LogP contribution in [-0.2, 0) is 16.0 Å². The molecule has 0 aliphatic heterocycles. The maximum Gasteiger partial charge on any atom is 0.125 e. The molecule has 5 nitrogen and oxygen atoms in total. The van der Waals surface area contributed by atoms with Crippen molar-refractivity contribution in [2.24, 2.45) is 0 Å². The summed E-state index contributed by atoms with van der Waals surface area (Å²) in [5.41, 5.74) is 0.0489. The van der Waals surface area contributed by atoms with E-state index >= 15 is 0 Å². The third kappa shape index (κ3) is 3.54. The number of hydrogen-bond donors (Lipinski definition) is 1. The van der Waals surface area contributed by atoms with Crippen LogP contribution in [0.25, 0.3) is 0 Å². The van der Waals surface area contributed by atoms with Crippen LogP contribution in [0.15, 0.2) is 10.7 Å². The zero-order chi connectivity index (χ0) is 13.8. The summed E-state index contributed by atoms with van der Waals surface area (Å²) in [6.07, 6.45) is 0.919. The first-order valence-corrected chi connectivity index (χ1v) is 6.75. The third-order valence-electron chi connectivity index (χ3n) is 2.77. The Bertz CT molecular complexity index is 379. The van der Waals surface area contributed by atoms with Gasteiger partial charge < -0.3 is 14.6 Å². The largest absolute Gasteiger partial charge is 0.384 e. The van der Waals surface area contributed by atoms with Gasteiger partial charge in [-0.25, -0.2) is 0 Å². The van der Waals surface area contributed by atoms with Crippen LogP contribution in [0.3, 0.4) is 0 Å². The Morgan fingerprint density at radius 2 is 2.22 bits per heavy atom. The molecule has 6 heteroatoms. The van der Waals surface area contributed by atoms with E-state index in [1.807, 2.05) is 20.8 Å². The van der Waals surface area contributed by atoms with Crippen molar-refractivity contribution >= 4 is 15.9 Å². The van der Waals surface area contributed by atoms with Crippen LogP contribution in [0.1, 0.15) is 32.6 Å². The Morgan fingerprint density at radius 1 is 1.56 bits per heavy atom. The Hall–Kier alpha value is -0.430. The van der Waals surface area contributed by atoms with Crippen molar-refractivity contribution in [1.82, 2.24) is 9.78 Å². The van der Waals surface area contributed by atoms with Crippen molar-refractivity contribution in [3.63, 3.8) is 0 Å². The lowest BCUT2D eigenvalue weighted by molar-refractivity contribution is -0.102. The molecule has 0 bridgehead atoms. The lowest BCUT2D eigenvalue weighted by Crippen LogP contribution is -2.34. The number of aromatic nitrogens is 2. The predicted molar refractivity (Wildman–Crippen MR) is 72.5 cm³/mol. The first kappa shape index (κ1) is 15.6. The third-order valence-corrected chi connectivity index (χ3v) is 3.39. The van der Waals surface area contributed by atoms with Gasteiger partial charge in [0.1, 0.15) is 6.10 Å². The van der Waals surface area contributed by atoms with Crippen LogP contribution >= 0.6 is 15.9 Å². The number of halogens is 1. The number of hydrogen-bond acceptors (Lipinski definition) is 4. The standard InChI is InChI=1S/C12H21BrN2O3/c1-5-18-12(2,3)11(16)10-9(13)8-14-15(10)6-7-17-4/h8,11,16H,5-7H2,1-4H3. The highest BCUT2D eigenvalue weighted by molar-refractivity contribution is 9.10. The maximum absolute atomic E-state index is 10.5. The van der Waals surface area contributed by atoms with E-state index in [4.69, 9.17) is 9.47 Å². The van der Waals surface area contributed by atoms with Crippen molar-refractivity contribution in [2.75, 3.05) is 20.3 Å². The van der Waals surface area contributed by atoms with E-state index in [1.165, 1.54) is 0 Å². The van der Waals surface area contributed by atoms with Crippen LogP contribution < -0.4 is 0 Å². The second-order valence-corrected chi connectivity index (χ2v) is 5.39. The summed E-state index contributed by atoms with van der Waals surface area (Å²) in [4.78, 5) is 0. The summed E-state index contributed by atoms with van der Waals surface area (Å²) in [5.74, 6) is 0. The molecule has 1 atom stereocenters. The molecule has 0 amide bonds. The zero-order valence-corrected chi connectivity index (χ0v) is 12.9. The molecular weight excluding hydrogens is 300 g/mol. The quantitative estimate of drug-likeness (QED) is 0.836. The minimum Gasteiger partial charge on any atom is -0.384 e. The summed E-state index contributed by atoms with van der Waals surface area (Å²) in [6, 6.07) is 0. The second kappa shape index (κ2) is 6.65. The highest BCUT2D eigenvalue weighted by Gasteiger charge is 2.33. The van der Waals surface area contributed by atoms with Gasteiger partial charge in [0.25, 0.3) is 0 Å². The molecule has 0 fully saturated rings. The number of ether oxygens (including phenoxy) is 2. The van der Waals surface area contributed by atoms with Crippen LogP contribution in [0.5, 0.6) is 0 Å². The lowest BCUT2D eigenvalue weighted by Gasteiger charge is -2.31. The Balaban J connectivity index is 2.96. The number of aliphatic hydroxyl groups excluding tert-OH is 1. The molecule has 0 saturated carbocycles. The SMILES string of the molecule is CCOC(C)(C)C(O)c1c(Br)cnn1CCOC. The van der Waals surface area contributed by atoms with E-state index in [1.54, 1.807) is 18.0 Å². The number of rotatable bonds is 7. The molecule has 18 heavy (non-hydrogen) atoms. The molecule has 0 radical (unpaired) electrons. The second-order valence-electron chi connectivity index (χ2n) is 4.53. The molecule has 0 saturated heterocycles. The molecule has 0 spiro atoms. The molecule has 0 aliphatic rings. The topological polar surface area (TPSA) is 56.5 Å². The molecule has 1 N–H and O–H groups in total. The van der Waals surface area contributed by atoms with Crippen LogP contribution in [0, 0.1) is 0 Å². The number of nitrogens with zero attached hydrogens (tertiary/aromatic N) is 2. The van der Waals surface area contributed by atoms with Crippen LogP contribution in [0.4, 0.5) is 0 Å². The summed E-state index contributed by atoms with van der Waals surface area (Å²) in [7, 11) is 1.64. The monoisotopic (exact) mass is 320 g/mol. The lowest BCUT2D eigenvalue weighted by atomic mass is 9.98. The van der Waals surface area contributed by atoms with Crippen molar-refractivity contribution in [3.8, 4) is 0 Å². The van der Waals surface area contributed by atoms with Gasteiger partial charge in [0.2, 0.25) is 0 Å². The van der Waals surface area contributed by atoms with Crippen molar-refractivity contribution < 1.29 is 14.6 Å². The van der Waals surface area contributed by atoms with Gasteiger partial charge in [0.05, 0.1) is 35.1 Å². The molecule has 1 rings (SSSR count). The van der Waals surface area contributed by atoms with Gasteiger partial charge in [0, 0.05) is 13.7 Å². The minimum absolute atomic E-state index is 0.545. The molecule has 1 unspecified atom stereocenters. The Kier molecular flexibility index (Phi) is 5.78. The van der Waals surface area contributed by atoms with E-state index in [9.17, 15) is 5.11 Å². The molecule has 1 aromatic rings. The van der Waals surface area contributed by atoms with Gasteiger partial charge in [-0.2, -0.15) is 5.10 Å². The Morgan fingerprint density at radius 3 is 2.78 bits per heavy atom. The molecular formula is C12H21BrN2O3. The maximum atomic E-state index is 10.5. The first-order chi connectivity index (χ1) is 8.44. The van der Waals surface area contributed by atoms with Crippen molar-refractivity contribution in [1.29, 1.82) is 0 Å². The summed E-state index contributed by atoms with van der Waals surface area (Å²) in [5, 5.41) is 14.7. The van der Waals surface area contributed by atoms with Crippen molar-refractivity contribution in [2.45, 2.75) is 39.0 Å². The highest BCUT2D eigenvalue weighted by atomic mass is 79.9. The van der Waals surface area contributed by atoms with Crippen LogP contribution in [0.2, 0.25) is 0 Å². The smallest absolute Gasteiger partial charge is 0.125 e. The van der Waals surface area contributed by atoms with Crippen molar-refractivity contribution in [3.05, 3.63) is 16.4 Å². The average molecular weight is 321 g/mol. The fraction of sp³-hybridized carbons (Fsp3) is 0.750. The van der Waals surface area contributed by atoms with E-state index in [2.05, 4.69) is 21.0 Å². The van der Waals surface area contributed by atoms with E-state index < -0.39 is 11.7 Å². The molecule has 0 aliphatic carbocycles. The molecule has 1 heterocycles. The Labute approximate surface area is 116 Å². The average Bonchev–Trinajstić information content (AvgIpc) is 2.66. The van der Waals surface area contributed by atoms with E-state index in [0.29, 0.717) is 25.5 Å². The van der Waals surface area contributed by atoms with Gasteiger partial charge in [-0.05, 0) is 36.7 Å². The number of methoxy groups -OCH3 is 1.